The molecule has 0 aliphatic rings. The van der Waals surface area contributed by atoms with E-state index in [1.807, 2.05) is 61.9 Å². The minimum Gasteiger partial charge on any atom is -0.494 e. The van der Waals surface area contributed by atoms with Crippen molar-refractivity contribution in [3.05, 3.63) is 83.8 Å². The van der Waals surface area contributed by atoms with E-state index in [2.05, 4.69) is 59.4 Å². The number of benzene rings is 1. The van der Waals surface area contributed by atoms with Crippen molar-refractivity contribution in [1.29, 1.82) is 0 Å². The maximum absolute atomic E-state index is 5.89. The van der Waals surface area contributed by atoms with Crippen LogP contribution < -0.4 is 4.74 Å². The molecule has 4 heteroatoms. The molecule has 0 saturated heterocycles. The number of hydrogen-bond donors (Lipinski definition) is 0. The van der Waals surface area contributed by atoms with Gasteiger partial charge in [0.25, 0.3) is 0 Å². The Kier molecular flexibility index (Phi) is 10.4. The van der Waals surface area contributed by atoms with Crippen molar-refractivity contribution < 1.29 is 4.74 Å². The average molecular weight is 456 g/mol. The molecule has 178 valence electrons. The quantitative estimate of drug-likeness (QED) is 0.249. The third kappa shape index (κ3) is 8.86. The fourth-order valence-electron chi connectivity index (χ4n) is 3.56. The summed E-state index contributed by atoms with van der Waals surface area (Å²) in [5.41, 5.74) is 5.05. The Morgan fingerprint density at radius 2 is 1.29 bits per heavy atom. The molecule has 0 unspecified atom stereocenters. The summed E-state index contributed by atoms with van der Waals surface area (Å²) >= 11 is 0. The van der Waals surface area contributed by atoms with Crippen LogP contribution in [0.3, 0.4) is 0 Å². The predicted octanol–water partition coefficient (Wildman–Crippen LogP) is 7.59. The van der Waals surface area contributed by atoms with Crippen LogP contribution >= 0.6 is 0 Å². The van der Waals surface area contributed by atoms with Gasteiger partial charge in [0, 0.05) is 26.5 Å². The Balaban J connectivity index is 1.55. The summed E-state index contributed by atoms with van der Waals surface area (Å²) < 4.78 is 5.89. The zero-order valence-corrected chi connectivity index (χ0v) is 20.8. The first-order valence-corrected chi connectivity index (χ1v) is 12.3. The van der Waals surface area contributed by atoms with Crippen LogP contribution in [0.4, 0.5) is 0 Å². The number of ether oxygens (including phenoxy) is 1. The number of rotatable bonds is 13. The van der Waals surface area contributed by atoms with Gasteiger partial charge in [-0.2, -0.15) is 0 Å². The molecular weight excluding hydrogens is 418 g/mol. The minimum absolute atomic E-state index is 0.793. The van der Waals surface area contributed by atoms with E-state index in [4.69, 9.17) is 4.74 Å². The second kappa shape index (κ2) is 14.0. The molecule has 4 nitrogen and oxygen atoms in total. The molecule has 0 aliphatic heterocycles. The highest BCUT2D eigenvalue weighted by molar-refractivity contribution is 5.72. The van der Waals surface area contributed by atoms with Gasteiger partial charge in [-0.3, -0.25) is 9.97 Å². The molecule has 0 atom stereocenters. The second-order valence-corrected chi connectivity index (χ2v) is 8.75. The molecule has 0 N–H and O–H groups in total. The van der Waals surface area contributed by atoms with Crippen LogP contribution in [0.5, 0.6) is 5.75 Å². The van der Waals surface area contributed by atoms with E-state index in [-0.39, 0.29) is 0 Å². The van der Waals surface area contributed by atoms with Crippen LogP contribution in [0.1, 0.15) is 62.1 Å². The van der Waals surface area contributed by atoms with Crippen LogP contribution in [0.25, 0.3) is 29.6 Å². The Hall–Kier alpha value is -3.40. The fraction of sp³-hybridized carbons (Fsp3) is 0.333. The standard InChI is InChI=1S/C30H37N3O/c1-4-5-6-7-8-9-22-34-28-14-12-25(13-15-28)10-11-26-16-19-31-29(23-26)30-24-27(17-20-32-30)18-21-33(2)3/h10-21,23-24H,4-9,22H2,1-3H3/b11-10+,21-18+. The van der Waals surface area contributed by atoms with E-state index in [0.717, 1.165) is 46.9 Å². The Morgan fingerprint density at radius 1 is 0.706 bits per heavy atom. The molecule has 0 amide bonds. The van der Waals surface area contributed by atoms with E-state index in [0.29, 0.717) is 0 Å². The Labute approximate surface area is 205 Å². The van der Waals surface area contributed by atoms with Crippen LogP contribution in [-0.4, -0.2) is 35.6 Å². The smallest absolute Gasteiger partial charge is 0.119 e. The number of unbranched alkanes of at least 4 members (excludes halogenated alkanes) is 5. The third-order valence-corrected chi connectivity index (χ3v) is 5.51. The minimum atomic E-state index is 0.793. The van der Waals surface area contributed by atoms with Crippen molar-refractivity contribution >= 4 is 18.2 Å². The number of hydrogen-bond acceptors (Lipinski definition) is 4. The summed E-state index contributed by atoms with van der Waals surface area (Å²) in [4.78, 5) is 11.0. The van der Waals surface area contributed by atoms with Gasteiger partial charge >= 0.3 is 0 Å². The molecule has 3 rings (SSSR count). The van der Waals surface area contributed by atoms with Crippen molar-refractivity contribution in [1.82, 2.24) is 14.9 Å². The van der Waals surface area contributed by atoms with Crippen molar-refractivity contribution in [2.45, 2.75) is 45.4 Å². The second-order valence-electron chi connectivity index (χ2n) is 8.75. The van der Waals surface area contributed by atoms with Gasteiger partial charge in [-0.25, -0.2) is 0 Å². The van der Waals surface area contributed by atoms with Crippen molar-refractivity contribution in [2.24, 2.45) is 0 Å². The van der Waals surface area contributed by atoms with Gasteiger partial charge < -0.3 is 9.64 Å². The average Bonchev–Trinajstić information content (AvgIpc) is 2.87. The van der Waals surface area contributed by atoms with Crippen molar-refractivity contribution in [2.75, 3.05) is 20.7 Å². The van der Waals surface area contributed by atoms with Crippen LogP contribution in [0.15, 0.2) is 67.1 Å². The monoisotopic (exact) mass is 455 g/mol. The highest BCUT2D eigenvalue weighted by Crippen LogP contribution is 2.20. The topological polar surface area (TPSA) is 38.2 Å². The number of aromatic nitrogens is 2. The first-order valence-electron chi connectivity index (χ1n) is 12.3. The van der Waals surface area contributed by atoms with Crippen LogP contribution in [-0.2, 0) is 0 Å². The largest absolute Gasteiger partial charge is 0.494 e. The molecule has 1 aromatic carbocycles. The summed E-state index contributed by atoms with van der Waals surface area (Å²) in [6, 6.07) is 16.4. The van der Waals surface area contributed by atoms with E-state index in [1.54, 1.807) is 0 Å². The molecule has 3 aromatic rings. The Bertz CT molecular complexity index is 1050. The molecule has 2 aromatic heterocycles. The molecular formula is C30H37N3O. The van der Waals surface area contributed by atoms with Gasteiger partial charge in [0.1, 0.15) is 5.75 Å². The van der Waals surface area contributed by atoms with Gasteiger partial charge in [-0.15, -0.1) is 0 Å². The lowest BCUT2D eigenvalue weighted by Gasteiger charge is -2.06. The highest BCUT2D eigenvalue weighted by Gasteiger charge is 2.02. The SMILES string of the molecule is CCCCCCCCOc1ccc(/C=C/c2ccnc(-c3cc(/C=C/N(C)C)ccn3)c2)cc1. The van der Waals surface area contributed by atoms with E-state index in [1.165, 1.54) is 32.1 Å². The summed E-state index contributed by atoms with van der Waals surface area (Å²) in [5, 5.41) is 0. The Morgan fingerprint density at radius 3 is 1.94 bits per heavy atom. The number of pyridine rings is 2. The van der Waals surface area contributed by atoms with E-state index in [9.17, 15) is 0 Å². The normalized spacial score (nSPS) is 11.4. The van der Waals surface area contributed by atoms with Crippen LogP contribution in [0, 0.1) is 0 Å². The molecule has 0 bridgehead atoms. The lowest BCUT2D eigenvalue weighted by Crippen LogP contribution is -1.99. The zero-order valence-electron chi connectivity index (χ0n) is 20.8. The third-order valence-electron chi connectivity index (χ3n) is 5.51. The van der Waals surface area contributed by atoms with Gasteiger partial charge in [0.15, 0.2) is 0 Å². The van der Waals surface area contributed by atoms with Crippen molar-refractivity contribution in [3.8, 4) is 17.1 Å². The first-order chi connectivity index (χ1) is 16.6. The first kappa shape index (κ1) is 25.2. The lowest BCUT2D eigenvalue weighted by atomic mass is 10.1. The van der Waals surface area contributed by atoms with Gasteiger partial charge in [-0.05, 0) is 71.8 Å². The molecule has 2 heterocycles. The molecule has 34 heavy (non-hydrogen) atoms. The van der Waals surface area contributed by atoms with Gasteiger partial charge in [-0.1, -0.05) is 63.3 Å². The molecule has 0 aliphatic carbocycles. The molecule has 0 saturated carbocycles. The maximum atomic E-state index is 5.89. The highest BCUT2D eigenvalue weighted by atomic mass is 16.5. The fourth-order valence-corrected chi connectivity index (χ4v) is 3.56. The van der Waals surface area contributed by atoms with Crippen LogP contribution in [0.2, 0.25) is 0 Å². The molecule has 0 fully saturated rings. The predicted molar refractivity (Wildman–Crippen MR) is 144 cm³/mol. The zero-order chi connectivity index (χ0) is 24.0. The van der Waals surface area contributed by atoms with Gasteiger partial charge in [0.2, 0.25) is 0 Å². The lowest BCUT2D eigenvalue weighted by molar-refractivity contribution is 0.304. The van der Waals surface area contributed by atoms with E-state index >= 15 is 0 Å². The molecule has 0 spiro atoms. The summed E-state index contributed by atoms with van der Waals surface area (Å²) in [7, 11) is 4.01. The summed E-state index contributed by atoms with van der Waals surface area (Å²) in [6.07, 6.45) is 19.6. The van der Waals surface area contributed by atoms with E-state index < -0.39 is 0 Å². The molecule has 0 radical (unpaired) electrons. The van der Waals surface area contributed by atoms with Gasteiger partial charge in [0.05, 0.1) is 18.0 Å². The number of nitrogens with zero attached hydrogens (tertiary/aromatic N) is 3. The maximum Gasteiger partial charge on any atom is 0.119 e. The summed E-state index contributed by atoms with van der Waals surface area (Å²) in [5.74, 6) is 0.936. The summed E-state index contributed by atoms with van der Waals surface area (Å²) in [6.45, 7) is 3.04. The van der Waals surface area contributed by atoms with Crippen molar-refractivity contribution in [3.63, 3.8) is 0 Å².